The number of hydrogen-bond acceptors (Lipinski definition) is 4. The molecule has 2 saturated carbocycles. The first-order chi connectivity index (χ1) is 12.2. The Kier molecular flexibility index (Phi) is 3.20. The highest BCUT2D eigenvalue weighted by atomic mass is 19.1. The Bertz CT molecular complexity index is 973. The molecule has 0 amide bonds. The Hall–Kier alpha value is -2.63. The Morgan fingerprint density at radius 1 is 1.24 bits per heavy atom. The second-order valence-electron chi connectivity index (χ2n) is 7.06. The third-order valence-corrected chi connectivity index (χ3v) is 5.29. The minimum Gasteiger partial charge on any atom is -0.303 e. The summed E-state index contributed by atoms with van der Waals surface area (Å²) < 4.78 is 16.1. The van der Waals surface area contributed by atoms with Crippen molar-refractivity contribution in [2.45, 2.75) is 37.6 Å². The summed E-state index contributed by atoms with van der Waals surface area (Å²) in [6.45, 7) is 0. The van der Waals surface area contributed by atoms with Gasteiger partial charge in [-0.15, -0.1) is 0 Å². The largest absolute Gasteiger partial charge is 0.303 e. The van der Waals surface area contributed by atoms with Crippen molar-refractivity contribution in [2.75, 3.05) is 0 Å². The summed E-state index contributed by atoms with van der Waals surface area (Å²) in [5.41, 5.74) is 3.24. The van der Waals surface area contributed by atoms with Crippen molar-refractivity contribution in [1.82, 2.24) is 19.7 Å². The van der Waals surface area contributed by atoms with Gasteiger partial charge < -0.3 is 4.79 Å². The lowest BCUT2D eigenvalue weighted by Crippen LogP contribution is -2.28. The van der Waals surface area contributed by atoms with Crippen LogP contribution in [0.15, 0.2) is 30.7 Å². The van der Waals surface area contributed by atoms with Gasteiger partial charge in [-0.25, -0.2) is 4.39 Å². The molecule has 0 atom stereocenters. The lowest BCUT2D eigenvalue weighted by Gasteiger charge is -2.31. The van der Waals surface area contributed by atoms with Crippen LogP contribution < -0.4 is 0 Å². The van der Waals surface area contributed by atoms with Crippen molar-refractivity contribution in [3.05, 3.63) is 42.2 Å². The Labute approximate surface area is 143 Å². The number of fused-ring (bicyclic) bond motifs is 1. The highest BCUT2D eigenvalue weighted by molar-refractivity contribution is 5.92. The van der Waals surface area contributed by atoms with Crippen LogP contribution in [-0.2, 0) is 4.79 Å². The van der Waals surface area contributed by atoms with Gasteiger partial charge in [0.15, 0.2) is 5.82 Å². The summed E-state index contributed by atoms with van der Waals surface area (Å²) >= 11 is 0. The molecule has 0 aliphatic heterocycles. The molecule has 5 rings (SSSR count). The van der Waals surface area contributed by atoms with E-state index in [0.29, 0.717) is 22.5 Å². The Balaban J connectivity index is 1.63. The first kappa shape index (κ1) is 14.7. The number of carbonyl (C=O) groups excluding carboxylic acids is 1. The summed E-state index contributed by atoms with van der Waals surface area (Å²) in [4.78, 5) is 19.6. The minimum absolute atomic E-state index is 0.147. The first-order valence-electron chi connectivity index (χ1n) is 8.68. The molecule has 0 saturated heterocycles. The molecule has 0 bridgehead atoms. The summed E-state index contributed by atoms with van der Waals surface area (Å²) in [6, 6.07) is 3.72. The van der Waals surface area contributed by atoms with Crippen LogP contribution in [0, 0.1) is 11.7 Å². The SMILES string of the molecule is O=CC1CC(n2cc(-c3ncc(F)c4cccnc34)c(C3CC3)n2)C1. The molecule has 5 nitrogen and oxygen atoms in total. The fourth-order valence-electron chi connectivity index (χ4n) is 3.63. The van der Waals surface area contributed by atoms with Gasteiger partial charge in [-0.1, -0.05) is 0 Å². The highest BCUT2D eigenvalue weighted by Gasteiger charge is 2.35. The van der Waals surface area contributed by atoms with E-state index in [0.717, 1.165) is 43.2 Å². The van der Waals surface area contributed by atoms with E-state index in [-0.39, 0.29) is 17.8 Å². The van der Waals surface area contributed by atoms with Crippen molar-refractivity contribution < 1.29 is 9.18 Å². The van der Waals surface area contributed by atoms with E-state index in [9.17, 15) is 9.18 Å². The molecule has 126 valence electrons. The van der Waals surface area contributed by atoms with Crippen LogP contribution in [-0.4, -0.2) is 26.0 Å². The second kappa shape index (κ2) is 5.44. The molecule has 0 spiro atoms. The standard InChI is InChI=1S/C19H17FN4O/c20-16-8-22-19(18-14(16)2-1-5-21-18)15-9-24(13-6-11(7-13)10-25)23-17(15)12-3-4-12/h1-2,5,8-13H,3-4,6-7H2. The highest BCUT2D eigenvalue weighted by Crippen LogP contribution is 2.46. The monoisotopic (exact) mass is 336 g/mol. The summed E-state index contributed by atoms with van der Waals surface area (Å²) in [7, 11) is 0. The zero-order valence-electron chi connectivity index (χ0n) is 13.6. The van der Waals surface area contributed by atoms with Gasteiger partial charge in [0.1, 0.15) is 12.0 Å². The number of carbonyl (C=O) groups is 1. The van der Waals surface area contributed by atoms with Crippen LogP contribution >= 0.6 is 0 Å². The van der Waals surface area contributed by atoms with Crippen molar-refractivity contribution in [2.24, 2.45) is 5.92 Å². The molecule has 3 aromatic heterocycles. The van der Waals surface area contributed by atoms with Crippen LogP contribution in [0.4, 0.5) is 4.39 Å². The zero-order chi connectivity index (χ0) is 17.0. The maximum Gasteiger partial charge on any atom is 0.150 e. The zero-order valence-corrected chi connectivity index (χ0v) is 13.6. The number of nitrogens with zero attached hydrogens (tertiary/aromatic N) is 4. The van der Waals surface area contributed by atoms with E-state index >= 15 is 0 Å². The predicted octanol–water partition coefficient (Wildman–Crippen LogP) is 3.66. The first-order valence-corrected chi connectivity index (χ1v) is 8.68. The molecule has 3 aromatic rings. The normalized spacial score (nSPS) is 22.8. The molecule has 2 aliphatic carbocycles. The van der Waals surface area contributed by atoms with E-state index in [1.807, 2.05) is 10.9 Å². The molecule has 0 unspecified atom stereocenters. The van der Waals surface area contributed by atoms with Crippen molar-refractivity contribution >= 4 is 17.2 Å². The average Bonchev–Trinajstić information content (AvgIpc) is 3.35. The van der Waals surface area contributed by atoms with E-state index in [1.165, 1.54) is 6.20 Å². The molecule has 0 radical (unpaired) electrons. The maximum atomic E-state index is 14.1. The van der Waals surface area contributed by atoms with Crippen molar-refractivity contribution in [1.29, 1.82) is 0 Å². The molecular weight excluding hydrogens is 319 g/mol. The number of rotatable bonds is 4. The average molecular weight is 336 g/mol. The van der Waals surface area contributed by atoms with E-state index in [1.54, 1.807) is 18.3 Å². The quantitative estimate of drug-likeness (QED) is 0.682. The third-order valence-electron chi connectivity index (χ3n) is 5.29. The van der Waals surface area contributed by atoms with Gasteiger partial charge in [0.05, 0.1) is 23.4 Å². The summed E-state index contributed by atoms with van der Waals surface area (Å²) in [6.07, 6.45) is 9.88. The lowest BCUT2D eigenvalue weighted by molar-refractivity contribution is -0.114. The molecule has 0 aromatic carbocycles. The van der Waals surface area contributed by atoms with Gasteiger partial charge >= 0.3 is 0 Å². The number of aromatic nitrogens is 4. The van der Waals surface area contributed by atoms with Crippen LogP contribution in [0.25, 0.3) is 22.2 Å². The summed E-state index contributed by atoms with van der Waals surface area (Å²) in [5.74, 6) is 0.234. The maximum absolute atomic E-state index is 14.1. The fourth-order valence-corrected chi connectivity index (χ4v) is 3.63. The Morgan fingerprint density at radius 2 is 2.08 bits per heavy atom. The topological polar surface area (TPSA) is 60.7 Å². The summed E-state index contributed by atoms with van der Waals surface area (Å²) in [5, 5.41) is 5.29. The fraction of sp³-hybridized carbons (Fsp3) is 0.368. The van der Waals surface area contributed by atoms with Gasteiger partial charge in [0.2, 0.25) is 0 Å². The molecule has 2 aliphatic rings. The van der Waals surface area contributed by atoms with Gasteiger partial charge in [0, 0.05) is 35.2 Å². The van der Waals surface area contributed by atoms with Crippen LogP contribution in [0.1, 0.15) is 43.3 Å². The smallest absolute Gasteiger partial charge is 0.150 e. The lowest BCUT2D eigenvalue weighted by atomic mass is 9.81. The predicted molar refractivity (Wildman–Crippen MR) is 90.5 cm³/mol. The molecule has 25 heavy (non-hydrogen) atoms. The van der Waals surface area contributed by atoms with Gasteiger partial charge in [-0.2, -0.15) is 5.10 Å². The minimum atomic E-state index is -0.361. The van der Waals surface area contributed by atoms with Gasteiger partial charge in [0.25, 0.3) is 0 Å². The third kappa shape index (κ3) is 2.35. The van der Waals surface area contributed by atoms with Crippen molar-refractivity contribution in [3.8, 4) is 11.3 Å². The Morgan fingerprint density at radius 3 is 2.84 bits per heavy atom. The second-order valence-corrected chi connectivity index (χ2v) is 7.06. The number of pyridine rings is 2. The van der Waals surface area contributed by atoms with Crippen LogP contribution in [0.3, 0.4) is 0 Å². The number of aldehydes is 1. The molecule has 6 heteroatoms. The van der Waals surface area contributed by atoms with Crippen molar-refractivity contribution in [3.63, 3.8) is 0 Å². The van der Waals surface area contributed by atoms with Crippen LogP contribution in [0.2, 0.25) is 0 Å². The van der Waals surface area contributed by atoms with Crippen LogP contribution in [0.5, 0.6) is 0 Å². The van der Waals surface area contributed by atoms with Gasteiger partial charge in [-0.3, -0.25) is 14.6 Å². The van der Waals surface area contributed by atoms with E-state index < -0.39 is 0 Å². The van der Waals surface area contributed by atoms with Gasteiger partial charge in [-0.05, 0) is 37.8 Å². The van der Waals surface area contributed by atoms with E-state index in [2.05, 4.69) is 9.97 Å². The molecule has 3 heterocycles. The molecular formula is C19H17FN4O. The number of hydrogen-bond donors (Lipinski definition) is 0. The molecule has 0 N–H and O–H groups in total. The van der Waals surface area contributed by atoms with E-state index in [4.69, 9.17) is 5.10 Å². The molecule has 2 fully saturated rings. The number of halogens is 1.